The van der Waals surface area contributed by atoms with Gasteiger partial charge in [-0.3, -0.25) is 0 Å². The number of hydrogen-bond donors (Lipinski definition) is 2. The monoisotopic (exact) mass is 251 g/mol. The smallest absolute Gasteiger partial charge is 0.131 e. The Morgan fingerprint density at radius 1 is 1.28 bits per heavy atom. The summed E-state index contributed by atoms with van der Waals surface area (Å²) in [7, 11) is 0. The fourth-order valence-corrected chi connectivity index (χ4v) is 2.94. The van der Waals surface area contributed by atoms with Crippen LogP contribution in [0.5, 0.6) is 5.75 Å². The van der Waals surface area contributed by atoms with Crippen LogP contribution in [0.1, 0.15) is 51.1 Å². The van der Waals surface area contributed by atoms with Gasteiger partial charge in [-0.2, -0.15) is 0 Å². The van der Waals surface area contributed by atoms with Crippen molar-refractivity contribution in [2.45, 2.75) is 51.6 Å². The third kappa shape index (κ3) is 3.02. The largest absolute Gasteiger partial charge is 0.508 e. The summed E-state index contributed by atoms with van der Waals surface area (Å²) in [5.41, 5.74) is 0.623. The molecular weight excluding hydrogens is 229 g/mol. The summed E-state index contributed by atoms with van der Waals surface area (Å²) in [5, 5.41) is 12.7. The van der Waals surface area contributed by atoms with Crippen LogP contribution in [-0.4, -0.2) is 11.1 Å². The number of aromatic hydroxyl groups is 1. The fraction of sp³-hybridized carbons (Fsp3) is 0.600. The first-order chi connectivity index (χ1) is 8.58. The minimum Gasteiger partial charge on any atom is -0.508 e. The van der Waals surface area contributed by atoms with E-state index in [4.69, 9.17) is 0 Å². The van der Waals surface area contributed by atoms with E-state index in [0.29, 0.717) is 17.5 Å². The van der Waals surface area contributed by atoms with E-state index in [9.17, 15) is 9.50 Å². The Bertz CT molecular complexity index is 401. The second-order valence-corrected chi connectivity index (χ2v) is 5.43. The Balaban J connectivity index is 2.00. The summed E-state index contributed by atoms with van der Waals surface area (Å²) in [5.74, 6) is 0.355. The maximum absolute atomic E-state index is 13.7. The van der Waals surface area contributed by atoms with Crippen LogP contribution < -0.4 is 5.32 Å². The van der Waals surface area contributed by atoms with Gasteiger partial charge in [0.25, 0.3) is 0 Å². The Hall–Kier alpha value is -1.09. The van der Waals surface area contributed by atoms with Crippen LogP contribution in [0.2, 0.25) is 0 Å². The molecule has 0 spiro atoms. The lowest BCUT2D eigenvalue weighted by molar-refractivity contribution is 0.348. The predicted molar refractivity (Wildman–Crippen MR) is 71.0 cm³/mol. The summed E-state index contributed by atoms with van der Waals surface area (Å²) in [6, 6.07) is 4.76. The Morgan fingerprint density at radius 2 is 1.94 bits per heavy atom. The molecule has 0 aromatic heterocycles. The van der Waals surface area contributed by atoms with Crippen molar-refractivity contribution in [2.24, 2.45) is 5.92 Å². The number of phenolic OH excluding ortho intramolecular Hbond substituents is 1. The molecule has 18 heavy (non-hydrogen) atoms. The Morgan fingerprint density at radius 3 is 2.56 bits per heavy atom. The molecule has 2 nitrogen and oxygen atoms in total. The minimum atomic E-state index is -0.339. The van der Waals surface area contributed by atoms with E-state index >= 15 is 0 Å². The number of rotatable bonds is 4. The number of hydrogen-bond acceptors (Lipinski definition) is 2. The van der Waals surface area contributed by atoms with Crippen molar-refractivity contribution >= 4 is 0 Å². The molecule has 0 bridgehead atoms. The zero-order chi connectivity index (χ0) is 13.1. The van der Waals surface area contributed by atoms with E-state index in [-0.39, 0.29) is 17.6 Å². The summed E-state index contributed by atoms with van der Waals surface area (Å²) in [4.78, 5) is 0. The second kappa shape index (κ2) is 5.70. The van der Waals surface area contributed by atoms with Gasteiger partial charge in [0.1, 0.15) is 11.6 Å². The molecule has 3 heteroatoms. The molecule has 0 heterocycles. The van der Waals surface area contributed by atoms with Crippen LogP contribution in [0.3, 0.4) is 0 Å². The van der Waals surface area contributed by atoms with Gasteiger partial charge in [-0.05, 0) is 38.7 Å². The molecule has 2 rings (SSSR count). The SMILES string of the molecule is CC(NC(C)C1CCCC1)c1ccc(O)cc1F. The first-order valence-electron chi connectivity index (χ1n) is 6.82. The van der Waals surface area contributed by atoms with Crippen molar-refractivity contribution < 1.29 is 9.50 Å². The van der Waals surface area contributed by atoms with E-state index in [1.807, 2.05) is 6.92 Å². The van der Waals surface area contributed by atoms with E-state index < -0.39 is 0 Å². The lowest BCUT2D eigenvalue weighted by Gasteiger charge is -2.25. The molecule has 1 aliphatic carbocycles. The lowest BCUT2D eigenvalue weighted by Crippen LogP contribution is -2.34. The molecule has 1 aromatic carbocycles. The second-order valence-electron chi connectivity index (χ2n) is 5.43. The molecular formula is C15H22FNO. The van der Waals surface area contributed by atoms with Crippen molar-refractivity contribution in [3.63, 3.8) is 0 Å². The molecule has 2 N–H and O–H groups in total. The lowest BCUT2D eigenvalue weighted by atomic mass is 9.97. The van der Waals surface area contributed by atoms with Crippen molar-refractivity contribution in [1.29, 1.82) is 0 Å². The van der Waals surface area contributed by atoms with Crippen LogP contribution in [0.25, 0.3) is 0 Å². The zero-order valence-electron chi connectivity index (χ0n) is 11.1. The average molecular weight is 251 g/mol. The third-order valence-corrected chi connectivity index (χ3v) is 4.07. The highest BCUT2D eigenvalue weighted by molar-refractivity contribution is 5.29. The number of halogens is 1. The van der Waals surface area contributed by atoms with Gasteiger partial charge in [0, 0.05) is 23.7 Å². The standard InChI is InChI=1S/C15H22FNO/c1-10(12-5-3-4-6-12)17-11(2)14-8-7-13(18)9-15(14)16/h7-12,17-18H,3-6H2,1-2H3. The van der Waals surface area contributed by atoms with Crippen molar-refractivity contribution in [3.05, 3.63) is 29.6 Å². The number of nitrogens with one attached hydrogen (secondary N) is 1. The number of benzene rings is 1. The molecule has 2 atom stereocenters. The van der Waals surface area contributed by atoms with Gasteiger partial charge in [-0.15, -0.1) is 0 Å². The van der Waals surface area contributed by atoms with E-state index in [1.54, 1.807) is 6.07 Å². The maximum Gasteiger partial charge on any atom is 0.131 e. The third-order valence-electron chi connectivity index (χ3n) is 4.07. The molecule has 1 aliphatic rings. The van der Waals surface area contributed by atoms with Crippen LogP contribution in [-0.2, 0) is 0 Å². The molecule has 100 valence electrons. The normalized spacial score (nSPS) is 19.9. The van der Waals surface area contributed by atoms with Gasteiger partial charge in [0.05, 0.1) is 0 Å². The summed E-state index contributed by atoms with van der Waals surface area (Å²) in [6.45, 7) is 4.16. The minimum absolute atomic E-state index is 0.0210. The quantitative estimate of drug-likeness (QED) is 0.854. The molecule has 1 saturated carbocycles. The predicted octanol–water partition coefficient (Wildman–Crippen LogP) is 3.76. The van der Waals surface area contributed by atoms with E-state index in [0.717, 1.165) is 0 Å². The molecule has 0 aliphatic heterocycles. The van der Waals surface area contributed by atoms with Gasteiger partial charge in [0.15, 0.2) is 0 Å². The van der Waals surface area contributed by atoms with Crippen molar-refractivity contribution in [2.75, 3.05) is 0 Å². The van der Waals surface area contributed by atoms with Gasteiger partial charge in [-0.25, -0.2) is 4.39 Å². The number of phenols is 1. The van der Waals surface area contributed by atoms with Crippen molar-refractivity contribution in [3.8, 4) is 5.75 Å². The molecule has 1 fully saturated rings. The van der Waals surface area contributed by atoms with Gasteiger partial charge < -0.3 is 10.4 Å². The van der Waals surface area contributed by atoms with E-state index in [2.05, 4.69) is 12.2 Å². The highest BCUT2D eigenvalue weighted by Gasteiger charge is 2.23. The average Bonchev–Trinajstić information content (AvgIpc) is 2.81. The molecule has 0 amide bonds. The van der Waals surface area contributed by atoms with Crippen LogP contribution in [0.15, 0.2) is 18.2 Å². The zero-order valence-corrected chi connectivity index (χ0v) is 11.1. The molecule has 2 unspecified atom stereocenters. The van der Waals surface area contributed by atoms with Gasteiger partial charge in [-0.1, -0.05) is 18.9 Å². The topological polar surface area (TPSA) is 32.3 Å². The molecule has 0 radical (unpaired) electrons. The summed E-state index contributed by atoms with van der Waals surface area (Å²) < 4.78 is 13.7. The Labute approximate surface area is 108 Å². The first-order valence-corrected chi connectivity index (χ1v) is 6.82. The molecule has 1 aromatic rings. The highest BCUT2D eigenvalue weighted by Crippen LogP contribution is 2.29. The van der Waals surface area contributed by atoms with Crippen LogP contribution >= 0.6 is 0 Å². The highest BCUT2D eigenvalue weighted by atomic mass is 19.1. The first kappa shape index (κ1) is 13.3. The molecule has 0 saturated heterocycles. The van der Waals surface area contributed by atoms with Crippen LogP contribution in [0.4, 0.5) is 4.39 Å². The van der Waals surface area contributed by atoms with Gasteiger partial charge >= 0.3 is 0 Å². The summed E-state index contributed by atoms with van der Waals surface area (Å²) >= 11 is 0. The van der Waals surface area contributed by atoms with E-state index in [1.165, 1.54) is 37.8 Å². The fourth-order valence-electron chi connectivity index (χ4n) is 2.94. The van der Waals surface area contributed by atoms with Crippen molar-refractivity contribution in [1.82, 2.24) is 5.32 Å². The Kier molecular flexibility index (Phi) is 4.23. The van der Waals surface area contributed by atoms with Crippen LogP contribution in [0, 0.1) is 11.7 Å². The van der Waals surface area contributed by atoms with Gasteiger partial charge in [0.2, 0.25) is 0 Å². The summed E-state index contributed by atoms with van der Waals surface area (Å²) in [6.07, 6.45) is 5.19. The maximum atomic E-state index is 13.7.